The lowest BCUT2D eigenvalue weighted by Gasteiger charge is -2.13. The van der Waals surface area contributed by atoms with Gasteiger partial charge in [-0.25, -0.2) is 4.39 Å². The maximum atomic E-state index is 13.7. The van der Waals surface area contributed by atoms with Crippen molar-refractivity contribution >= 4 is 0 Å². The second-order valence-corrected chi connectivity index (χ2v) is 4.35. The van der Waals surface area contributed by atoms with Gasteiger partial charge in [0, 0.05) is 24.4 Å². The van der Waals surface area contributed by atoms with Crippen molar-refractivity contribution in [2.75, 3.05) is 0 Å². The monoisotopic (exact) mass is 233 g/mol. The minimum absolute atomic E-state index is 0.272. The largest absolute Gasteiger partial charge is 0.320 e. The van der Waals surface area contributed by atoms with Crippen LogP contribution < -0.4 is 5.73 Å². The van der Waals surface area contributed by atoms with Gasteiger partial charge in [-0.15, -0.1) is 0 Å². The molecule has 0 aliphatic rings. The Morgan fingerprint density at radius 3 is 2.59 bits per heavy atom. The Bertz CT molecular complexity index is 546. The Kier molecular flexibility index (Phi) is 2.98. The van der Waals surface area contributed by atoms with Crippen molar-refractivity contribution in [1.82, 2.24) is 9.78 Å². The molecule has 0 saturated carbocycles. The normalized spacial score (nSPS) is 12.8. The third-order valence-electron chi connectivity index (χ3n) is 2.87. The van der Waals surface area contributed by atoms with E-state index in [0.29, 0.717) is 5.56 Å². The fourth-order valence-corrected chi connectivity index (χ4v) is 1.99. The van der Waals surface area contributed by atoms with Gasteiger partial charge >= 0.3 is 0 Å². The molecule has 1 unspecified atom stereocenters. The zero-order valence-corrected chi connectivity index (χ0v) is 10.2. The predicted octanol–water partition coefficient (Wildman–Crippen LogP) is 2.22. The Hall–Kier alpha value is -1.68. The number of aryl methyl sites for hydroxylation is 3. The zero-order chi connectivity index (χ0) is 12.6. The third-order valence-corrected chi connectivity index (χ3v) is 2.87. The average molecular weight is 233 g/mol. The summed E-state index contributed by atoms with van der Waals surface area (Å²) in [5.41, 5.74) is 9.31. The van der Waals surface area contributed by atoms with Crippen LogP contribution in [-0.4, -0.2) is 9.78 Å². The van der Waals surface area contributed by atoms with E-state index in [4.69, 9.17) is 5.73 Å². The number of nitrogens with two attached hydrogens (primary N) is 1. The van der Waals surface area contributed by atoms with Gasteiger partial charge in [-0.2, -0.15) is 5.10 Å². The minimum Gasteiger partial charge on any atom is -0.320 e. The fraction of sp³-hybridized carbons (Fsp3) is 0.308. The van der Waals surface area contributed by atoms with Crippen molar-refractivity contribution < 1.29 is 4.39 Å². The lowest BCUT2D eigenvalue weighted by atomic mass is 9.98. The highest BCUT2D eigenvalue weighted by Crippen LogP contribution is 2.24. The molecule has 1 aromatic carbocycles. The lowest BCUT2D eigenvalue weighted by molar-refractivity contribution is 0.598. The Balaban J connectivity index is 2.46. The highest BCUT2D eigenvalue weighted by Gasteiger charge is 2.17. The van der Waals surface area contributed by atoms with E-state index in [1.165, 1.54) is 6.07 Å². The number of halogens is 1. The molecule has 4 heteroatoms. The molecule has 0 fully saturated rings. The van der Waals surface area contributed by atoms with Crippen LogP contribution in [0.1, 0.15) is 28.4 Å². The number of rotatable bonds is 2. The smallest absolute Gasteiger partial charge is 0.128 e. The summed E-state index contributed by atoms with van der Waals surface area (Å²) in [7, 11) is 1.83. The van der Waals surface area contributed by atoms with Crippen LogP contribution >= 0.6 is 0 Å². The molecule has 2 aromatic rings. The summed E-state index contributed by atoms with van der Waals surface area (Å²) in [6.07, 6.45) is 1.84. The molecule has 3 nitrogen and oxygen atoms in total. The first-order chi connectivity index (χ1) is 7.99. The van der Waals surface area contributed by atoms with E-state index < -0.39 is 6.04 Å². The molecular formula is C13H16FN3. The molecule has 90 valence electrons. The van der Waals surface area contributed by atoms with E-state index in [-0.39, 0.29) is 5.82 Å². The van der Waals surface area contributed by atoms with Crippen LogP contribution in [0.25, 0.3) is 0 Å². The van der Waals surface area contributed by atoms with Crippen molar-refractivity contribution in [2.24, 2.45) is 12.8 Å². The number of hydrogen-bond acceptors (Lipinski definition) is 2. The summed E-state index contributed by atoms with van der Waals surface area (Å²) < 4.78 is 15.4. The van der Waals surface area contributed by atoms with Crippen LogP contribution in [0.4, 0.5) is 4.39 Å². The van der Waals surface area contributed by atoms with Crippen molar-refractivity contribution in [1.29, 1.82) is 0 Å². The average Bonchev–Trinajstić information content (AvgIpc) is 2.60. The molecule has 0 radical (unpaired) electrons. The molecule has 0 aliphatic heterocycles. The summed E-state index contributed by atoms with van der Waals surface area (Å²) in [4.78, 5) is 0. The zero-order valence-electron chi connectivity index (χ0n) is 10.2. The second-order valence-electron chi connectivity index (χ2n) is 4.35. The van der Waals surface area contributed by atoms with Crippen molar-refractivity contribution in [3.05, 3.63) is 52.6 Å². The van der Waals surface area contributed by atoms with Crippen LogP contribution in [0, 0.1) is 19.7 Å². The van der Waals surface area contributed by atoms with Gasteiger partial charge in [0.1, 0.15) is 5.82 Å². The van der Waals surface area contributed by atoms with E-state index in [1.807, 2.05) is 27.1 Å². The van der Waals surface area contributed by atoms with Crippen molar-refractivity contribution in [2.45, 2.75) is 19.9 Å². The minimum atomic E-state index is -0.469. The molecule has 0 bridgehead atoms. The van der Waals surface area contributed by atoms with Gasteiger partial charge in [0.05, 0.1) is 11.7 Å². The van der Waals surface area contributed by atoms with E-state index >= 15 is 0 Å². The van der Waals surface area contributed by atoms with E-state index in [9.17, 15) is 4.39 Å². The van der Waals surface area contributed by atoms with Gasteiger partial charge in [0.15, 0.2) is 0 Å². The molecule has 2 N–H and O–H groups in total. The molecule has 17 heavy (non-hydrogen) atoms. The van der Waals surface area contributed by atoms with Crippen LogP contribution in [-0.2, 0) is 7.05 Å². The van der Waals surface area contributed by atoms with Gasteiger partial charge in [-0.3, -0.25) is 4.68 Å². The van der Waals surface area contributed by atoms with Crippen molar-refractivity contribution in [3.63, 3.8) is 0 Å². The SMILES string of the molecule is Cc1ccc(F)c(C(N)c2cn(C)nc2C)c1. The van der Waals surface area contributed by atoms with Gasteiger partial charge < -0.3 is 5.73 Å². The second kappa shape index (κ2) is 4.30. The fourth-order valence-electron chi connectivity index (χ4n) is 1.99. The Labute approximate surface area is 100 Å². The molecule has 1 heterocycles. The van der Waals surface area contributed by atoms with Crippen LogP contribution in [0.3, 0.4) is 0 Å². The first kappa shape index (κ1) is 11.8. The predicted molar refractivity (Wildman–Crippen MR) is 65.1 cm³/mol. The maximum Gasteiger partial charge on any atom is 0.128 e. The quantitative estimate of drug-likeness (QED) is 0.864. The van der Waals surface area contributed by atoms with Gasteiger partial charge in [-0.1, -0.05) is 17.7 Å². The van der Waals surface area contributed by atoms with Crippen molar-refractivity contribution in [3.8, 4) is 0 Å². The first-order valence-electron chi connectivity index (χ1n) is 5.51. The number of aromatic nitrogens is 2. The maximum absolute atomic E-state index is 13.7. The highest BCUT2D eigenvalue weighted by molar-refractivity contribution is 5.35. The summed E-state index contributed by atoms with van der Waals surface area (Å²) in [6.45, 7) is 3.80. The summed E-state index contributed by atoms with van der Waals surface area (Å²) in [5, 5.41) is 4.22. The standard InChI is InChI=1S/C13H16FN3/c1-8-4-5-12(14)10(6-8)13(15)11-7-17(3)16-9(11)2/h4-7,13H,15H2,1-3H3. The number of nitrogens with zero attached hydrogens (tertiary/aromatic N) is 2. The molecule has 0 amide bonds. The highest BCUT2D eigenvalue weighted by atomic mass is 19.1. The molecule has 0 saturated heterocycles. The number of benzene rings is 1. The Morgan fingerprint density at radius 1 is 1.29 bits per heavy atom. The van der Waals surface area contributed by atoms with E-state index in [1.54, 1.807) is 16.8 Å². The number of hydrogen-bond donors (Lipinski definition) is 1. The molecule has 1 aromatic heterocycles. The molecule has 1 atom stereocenters. The summed E-state index contributed by atoms with van der Waals surface area (Å²) in [6, 6.07) is 4.51. The third kappa shape index (κ3) is 2.22. The first-order valence-corrected chi connectivity index (χ1v) is 5.51. The van der Waals surface area contributed by atoms with Gasteiger partial charge in [0.25, 0.3) is 0 Å². The molecule has 0 aliphatic carbocycles. The molecule has 0 spiro atoms. The summed E-state index contributed by atoms with van der Waals surface area (Å²) in [5.74, 6) is -0.272. The Morgan fingerprint density at radius 2 is 2.00 bits per heavy atom. The molecular weight excluding hydrogens is 217 g/mol. The van der Waals surface area contributed by atoms with Crippen LogP contribution in [0.2, 0.25) is 0 Å². The van der Waals surface area contributed by atoms with Gasteiger partial charge in [0.2, 0.25) is 0 Å². The van der Waals surface area contributed by atoms with Crippen LogP contribution in [0.5, 0.6) is 0 Å². The van der Waals surface area contributed by atoms with Gasteiger partial charge in [-0.05, 0) is 19.9 Å². The molecule has 2 rings (SSSR count). The van der Waals surface area contributed by atoms with E-state index in [0.717, 1.165) is 16.8 Å². The lowest BCUT2D eigenvalue weighted by Crippen LogP contribution is -2.14. The topological polar surface area (TPSA) is 43.8 Å². The van der Waals surface area contributed by atoms with Crippen LogP contribution in [0.15, 0.2) is 24.4 Å². The summed E-state index contributed by atoms with van der Waals surface area (Å²) >= 11 is 0. The van der Waals surface area contributed by atoms with E-state index in [2.05, 4.69) is 5.10 Å².